The van der Waals surface area contributed by atoms with Crippen molar-refractivity contribution in [1.82, 2.24) is 9.97 Å². The van der Waals surface area contributed by atoms with Crippen LogP contribution in [0.15, 0.2) is 23.0 Å². The molecule has 0 aliphatic rings. The summed E-state index contributed by atoms with van der Waals surface area (Å²) in [5.74, 6) is 0. The van der Waals surface area contributed by atoms with Crippen LogP contribution >= 0.6 is 0 Å². The Balaban J connectivity index is 2.87. The summed E-state index contributed by atoms with van der Waals surface area (Å²) in [6.45, 7) is 0.436. The molecule has 0 aliphatic carbocycles. The van der Waals surface area contributed by atoms with Crippen molar-refractivity contribution in [2.45, 2.75) is 6.54 Å². The molecule has 0 aliphatic heterocycles. The van der Waals surface area contributed by atoms with Gasteiger partial charge in [-0.25, -0.2) is 4.79 Å². The highest BCUT2D eigenvalue weighted by Gasteiger charge is 2.00. The van der Waals surface area contributed by atoms with Crippen LogP contribution in [0.2, 0.25) is 0 Å². The van der Waals surface area contributed by atoms with Gasteiger partial charge in [0.25, 0.3) is 0 Å². The lowest BCUT2D eigenvalue weighted by atomic mass is 10.2. The number of hydrogen-bond donors (Lipinski definition) is 3. The first kappa shape index (κ1) is 7.12. The van der Waals surface area contributed by atoms with Crippen molar-refractivity contribution in [2.24, 2.45) is 5.73 Å². The normalized spacial score (nSPS) is 10.8. The Hall–Kier alpha value is -1.55. The summed E-state index contributed by atoms with van der Waals surface area (Å²) in [6.07, 6.45) is 0. The Bertz CT molecular complexity index is 455. The lowest BCUT2D eigenvalue weighted by Gasteiger charge is -1.96. The maximum atomic E-state index is 10.9. The summed E-state index contributed by atoms with van der Waals surface area (Å²) < 4.78 is 0. The molecule has 12 heavy (non-hydrogen) atoms. The maximum absolute atomic E-state index is 10.9. The number of nitrogens with one attached hydrogen (secondary N) is 2. The molecule has 0 amide bonds. The smallest absolute Gasteiger partial charge is 0.323 e. The van der Waals surface area contributed by atoms with Gasteiger partial charge in [-0.2, -0.15) is 0 Å². The van der Waals surface area contributed by atoms with Crippen LogP contribution in [0.5, 0.6) is 0 Å². The van der Waals surface area contributed by atoms with Crippen LogP contribution in [0.3, 0.4) is 0 Å². The predicted molar refractivity (Wildman–Crippen MR) is 46.8 cm³/mol. The van der Waals surface area contributed by atoms with Gasteiger partial charge in [0.2, 0.25) is 0 Å². The molecule has 4 N–H and O–H groups in total. The van der Waals surface area contributed by atoms with Gasteiger partial charge in [0, 0.05) is 6.54 Å². The number of fused-ring (bicyclic) bond motifs is 1. The van der Waals surface area contributed by atoms with Gasteiger partial charge in [-0.1, -0.05) is 12.1 Å². The van der Waals surface area contributed by atoms with Crippen molar-refractivity contribution in [3.8, 4) is 0 Å². The Morgan fingerprint density at radius 1 is 1.33 bits per heavy atom. The zero-order chi connectivity index (χ0) is 8.55. The molecule has 2 rings (SSSR count). The average Bonchev–Trinajstić information content (AvgIpc) is 2.44. The van der Waals surface area contributed by atoms with Crippen LogP contribution in [0, 0.1) is 0 Å². The second-order valence-corrected chi connectivity index (χ2v) is 2.62. The number of aromatic amines is 2. The van der Waals surface area contributed by atoms with Gasteiger partial charge in [0.15, 0.2) is 0 Å². The molecule has 0 saturated heterocycles. The van der Waals surface area contributed by atoms with Crippen LogP contribution in [0.1, 0.15) is 5.56 Å². The molecule has 0 atom stereocenters. The number of aromatic nitrogens is 2. The van der Waals surface area contributed by atoms with Gasteiger partial charge in [-0.15, -0.1) is 0 Å². The molecule has 1 aromatic heterocycles. The van der Waals surface area contributed by atoms with E-state index in [1.807, 2.05) is 18.2 Å². The van der Waals surface area contributed by atoms with Gasteiger partial charge < -0.3 is 15.7 Å². The van der Waals surface area contributed by atoms with E-state index >= 15 is 0 Å². The number of H-pyrrole nitrogens is 2. The number of nitrogens with two attached hydrogens (primary N) is 1. The lowest BCUT2D eigenvalue weighted by molar-refractivity contribution is 1.08. The van der Waals surface area contributed by atoms with Gasteiger partial charge >= 0.3 is 5.69 Å². The molecule has 62 valence electrons. The topological polar surface area (TPSA) is 74.7 Å². The zero-order valence-electron chi connectivity index (χ0n) is 6.42. The second kappa shape index (κ2) is 2.49. The molecule has 4 heteroatoms. The van der Waals surface area contributed by atoms with Crippen molar-refractivity contribution in [2.75, 3.05) is 0 Å². The highest BCUT2D eigenvalue weighted by molar-refractivity contribution is 5.77. The van der Waals surface area contributed by atoms with Crippen LogP contribution in [-0.4, -0.2) is 9.97 Å². The van der Waals surface area contributed by atoms with Crippen LogP contribution in [-0.2, 0) is 6.54 Å². The maximum Gasteiger partial charge on any atom is 0.323 e. The first-order chi connectivity index (χ1) is 5.81. The van der Waals surface area contributed by atoms with E-state index in [2.05, 4.69) is 9.97 Å². The van der Waals surface area contributed by atoms with Gasteiger partial charge in [-0.3, -0.25) is 0 Å². The van der Waals surface area contributed by atoms with Crippen LogP contribution in [0.25, 0.3) is 11.0 Å². The first-order valence-corrected chi connectivity index (χ1v) is 3.71. The minimum atomic E-state index is -0.189. The number of rotatable bonds is 1. The molecule has 1 aromatic carbocycles. The molecular formula is C8H9N3O. The molecule has 0 fully saturated rings. The predicted octanol–water partition coefficient (Wildman–Crippen LogP) is 0.315. The summed E-state index contributed by atoms with van der Waals surface area (Å²) >= 11 is 0. The van der Waals surface area contributed by atoms with Gasteiger partial charge in [0.1, 0.15) is 0 Å². The van der Waals surface area contributed by atoms with Crippen molar-refractivity contribution in [1.29, 1.82) is 0 Å². The largest absolute Gasteiger partial charge is 0.326 e. The van der Waals surface area contributed by atoms with E-state index in [-0.39, 0.29) is 5.69 Å². The lowest BCUT2D eigenvalue weighted by Crippen LogP contribution is -2.00. The molecule has 0 radical (unpaired) electrons. The monoisotopic (exact) mass is 163 g/mol. The SMILES string of the molecule is NCc1cccc2[nH]c(=O)[nH]c12. The van der Waals surface area contributed by atoms with E-state index in [1.165, 1.54) is 0 Å². The second-order valence-electron chi connectivity index (χ2n) is 2.62. The quantitative estimate of drug-likeness (QED) is 0.566. The molecule has 0 spiro atoms. The van der Waals surface area contributed by atoms with E-state index in [9.17, 15) is 4.79 Å². The molecule has 4 nitrogen and oxygen atoms in total. The summed E-state index contributed by atoms with van der Waals surface area (Å²) in [5.41, 5.74) is 7.87. The molecule has 1 heterocycles. The highest BCUT2D eigenvalue weighted by atomic mass is 16.1. The average molecular weight is 163 g/mol. The Morgan fingerprint density at radius 2 is 2.17 bits per heavy atom. The third-order valence-electron chi connectivity index (χ3n) is 1.86. The van der Waals surface area contributed by atoms with Crippen LogP contribution < -0.4 is 11.4 Å². The van der Waals surface area contributed by atoms with E-state index < -0.39 is 0 Å². The van der Waals surface area contributed by atoms with E-state index in [0.29, 0.717) is 6.54 Å². The summed E-state index contributed by atoms with van der Waals surface area (Å²) in [5, 5.41) is 0. The molecule has 2 aromatic rings. The van der Waals surface area contributed by atoms with Crippen molar-refractivity contribution >= 4 is 11.0 Å². The Kier molecular flexibility index (Phi) is 1.48. The van der Waals surface area contributed by atoms with Crippen molar-refractivity contribution < 1.29 is 0 Å². The fourth-order valence-electron chi connectivity index (χ4n) is 1.29. The molecule has 0 bridgehead atoms. The summed E-state index contributed by atoms with van der Waals surface area (Å²) in [6, 6.07) is 5.60. The van der Waals surface area contributed by atoms with Crippen molar-refractivity contribution in [3.63, 3.8) is 0 Å². The minimum Gasteiger partial charge on any atom is -0.326 e. The highest BCUT2D eigenvalue weighted by Crippen LogP contribution is 2.11. The molecule has 0 saturated carbocycles. The number of benzene rings is 1. The van der Waals surface area contributed by atoms with Crippen LogP contribution in [0.4, 0.5) is 0 Å². The number of para-hydroxylation sites is 1. The standard InChI is InChI=1S/C8H9N3O/c9-4-5-2-1-3-6-7(5)11-8(12)10-6/h1-3H,4,9H2,(H2,10,11,12). The number of hydrogen-bond acceptors (Lipinski definition) is 2. The van der Waals surface area contributed by atoms with Gasteiger partial charge in [-0.05, 0) is 11.6 Å². The van der Waals surface area contributed by atoms with Crippen molar-refractivity contribution in [3.05, 3.63) is 34.2 Å². The molecule has 0 unspecified atom stereocenters. The first-order valence-electron chi connectivity index (χ1n) is 3.71. The van der Waals surface area contributed by atoms with Gasteiger partial charge in [0.05, 0.1) is 11.0 Å². The fourth-order valence-corrected chi connectivity index (χ4v) is 1.29. The molecular weight excluding hydrogens is 154 g/mol. The minimum absolute atomic E-state index is 0.189. The number of imidazole rings is 1. The Morgan fingerprint density at radius 3 is 2.92 bits per heavy atom. The third kappa shape index (κ3) is 0.931. The third-order valence-corrected chi connectivity index (χ3v) is 1.86. The van der Waals surface area contributed by atoms with E-state index in [4.69, 9.17) is 5.73 Å². The fraction of sp³-hybridized carbons (Fsp3) is 0.125. The van der Waals surface area contributed by atoms with E-state index in [1.54, 1.807) is 0 Å². The summed E-state index contributed by atoms with van der Waals surface area (Å²) in [4.78, 5) is 16.3. The zero-order valence-corrected chi connectivity index (χ0v) is 6.42. The Labute approximate surface area is 68.4 Å². The van der Waals surface area contributed by atoms with E-state index in [0.717, 1.165) is 16.6 Å². The summed E-state index contributed by atoms with van der Waals surface area (Å²) in [7, 11) is 0.